The first-order valence-electron chi connectivity index (χ1n) is 7.21. The standard InChI is InChI=1S/C15H21ClFN3/c1-20(7-10-5-8-2-3-9(10)4-8)15-12(19)6-11(18)13(16)14(15)17/h6,8-10H,2-5,7,18-19H2,1H3. The second-order valence-corrected chi connectivity index (χ2v) is 6.73. The first-order valence-corrected chi connectivity index (χ1v) is 7.59. The maximum Gasteiger partial charge on any atom is 0.169 e. The Morgan fingerprint density at radius 2 is 2.05 bits per heavy atom. The molecule has 0 heterocycles. The highest BCUT2D eigenvalue weighted by Gasteiger charge is 2.40. The predicted molar refractivity (Wildman–Crippen MR) is 82.4 cm³/mol. The van der Waals surface area contributed by atoms with Crippen molar-refractivity contribution in [1.29, 1.82) is 0 Å². The summed E-state index contributed by atoms with van der Waals surface area (Å²) in [5, 5.41) is -0.0333. The minimum atomic E-state index is -0.505. The maximum atomic E-state index is 14.3. The molecule has 3 atom stereocenters. The van der Waals surface area contributed by atoms with Gasteiger partial charge in [-0.15, -0.1) is 0 Å². The van der Waals surface area contributed by atoms with Crippen LogP contribution in [0, 0.1) is 23.6 Å². The number of benzene rings is 1. The third kappa shape index (κ3) is 2.20. The number of rotatable bonds is 3. The largest absolute Gasteiger partial charge is 0.397 e. The van der Waals surface area contributed by atoms with Crippen molar-refractivity contribution in [2.45, 2.75) is 25.7 Å². The smallest absolute Gasteiger partial charge is 0.169 e. The van der Waals surface area contributed by atoms with Crippen molar-refractivity contribution in [2.24, 2.45) is 17.8 Å². The third-order valence-electron chi connectivity index (χ3n) is 5.01. The van der Waals surface area contributed by atoms with E-state index in [1.165, 1.54) is 31.7 Å². The lowest BCUT2D eigenvalue weighted by atomic mass is 9.88. The van der Waals surface area contributed by atoms with Gasteiger partial charge in [0.05, 0.1) is 17.1 Å². The van der Waals surface area contributed by atoms with Gasteiger partial charge in [0.25, 0.3) is 0 Å². The zero-order valence-electron chi connectivity index (χ0n) is 11.7. The summed E-state index contributed by atoms with van der Waals surface area (Å²) < 4.78 is 14.3. The number of hydrogen-bond acceptors (Lipinski definition) is 3. The van der Waals surface area contributed by atoms with Gasteiger partial charge in [-0.25, -0.2) is 4.39 Å². The Labute approximate surface area is 124 Å². The van der Waals surface area contributed by atoms with Crippen LogP contribution in [-0.2, 0) is 0 Å². The van der Waals surface area contributed by atoms with E-state index in [1.807, 2.05) is 11.9 Å². The summed E-state index contributed by atoms with van der Waals surface area (Å²) in [6.45, 7) is 0.836. The molecule has 2 aliphatic rings. The molecule has 0 radical (unpaired) electrons. The second-order valence-electron chi connectivity index (χ2n) is 6.35. The lowest BCUT2D eigenvalue weighted by molar-refractivity contribution is 0.337. The highest BCUT2D eigenvalue weighted by atomic mass is 35.5. The topological polar surface area (TPSA) is 55.3 Å². The van der Waals surface area contributed by atoms with Crippen LogP contribution in [0.3, 0.4) is 0 Å². The van der Waals surface area contributed by atoms with Crippen molar-refractivity contribution in [1.82, 2.24) is 0 Å². The Kier molecular flexibility index (Phi) is 3.44. The summed E-state index contributed by atoms with van der Waals surface area (Å²) in [6.07, 6.45) is 5.30. The van der Waals surface area contributed by atoms with Crippen LogP contribution in [0.15, 0.2) is 6.07 Å². The summed E-state index contributed by atoms with van der Waals surface area (Å²) >= 11 is 5.90. The highest BCUT2D eigenvalue weighted by molar-refractivity contribution is 6.33. The van der Waals surface area contributed by atoms with E-state index >= 15 is 0 Å². The van der Waals surface area contributed by atoms with Crippen LogP contribution in [0.4, 0.5) is 21.5 Å². The van der Waals surface area contributed by atoms with E-state index in [-0.39, 0.29) is 10.7 Å². The van der Waals surface area contributed by atoms with E-state index < -0.39 is 5.82 Å². The molecule has 110 valence electrons. The number of nitrogens with two attached hydrogens (primary N) is 2. The molecule has 1 aromatic carbocycles. The molecule has 3 rings (SSSR count). The molecular formula is C15H21ClFN3. The van der Waals surface area contributed by atoms with Crippen molar-refractivity contribution < 1.29 is 4.39 Å². The van der Waals surface area contributed by atoms with Gasteiger partial charge in [-0.05, 0) is 43.1 Å². The van der Waals surface area contributed by atoms with E-state index in [0.717, 1.165) is 18.4 Å². The number of nitrogen functional groups attached to an aromatic ring is 2. The Balaban J connectivity index is 1.80. The fourth-order valence-corrected chi connectivity index (χ4v) is 4.23. The lowest BCUT2D eigenvalue weighted by Crippen LogP contribution is -2.30. The average molecular weight is 298 g/mol. The Morgan fingerprint density at radius 1 is 1.30 bits per heavy atom. The summed E-state index contributed by atoms with van der Waals surface area (Å²) in [5.41, 5.74) is 12.5. The number of halogens is 2. The molecule has 2 saturated carbocycles. The molecule has 20 heavy (non-hydrogen) atoms. The quantitative estimate of drug-likeness (QED) is 0.839. The number of nitrogens with zero attached hydrogens (tertiary/aromatic N) is 1. The van der Waals surface area contributed by atoms with Crippen molar-refractivity contribution in [3.05, 3.63) is 16.9 Å². The summed E-state index contributed by atoms with van der Waals surface area (Å²) in [7, 11) is 1.88. The van der Waals surface area contributed by atoms with Crippen LogP contribution in [0.2, 0.25) is 5.02 Å². The van der Waals surface area contributed by atoms with E-state index in [1.54, 1.807) is 0 Å². The number of hydrogen-bond donors (Lipinski definition) is 2. The van der Waals surface area contributed by atoms with Gasteiger partial charge in [-0.3, -0.25) is 0 Å². The molecule has 3 nitrogen and oxygen atoms in total. The molecule has 1 aromatic rings. The van der Waals surface area contributed by atoms with E-state index in [9.17, 15) is 4.39 Å². The summed E-state index contributed by atoms with van der Waals surface area (Å²) in [5.74, 6) is 1.83. The number of anilines is 3. The van der Waals surface area contributed by atoms with E-state index in [4.69, 9.17) is 23.1 Å². The van der Waals surface area contributed by atoms with Crippen LogP contribution >= 0.6 is 11.6 Å². The zero-order chi connectivity index (χ0) is 14.4. The van der Waals surface area contributed by atoms with Gasteiger partial charge in [-0.1, -0.05) is 18.0 Å². The third-order valence-corrected chi connectivity index (χ3v) is 5.40. The Morgan fingerprint density at radius 3 is 2.65 bits per heavy atom. The predicted octanol–water partition coefficient (Wildman–Crippen LogP) is 3.52. The van der Waals surface area contributed by atoms with Gasteiger partial charge in [-0.2, -0.15) is 0 Å². The fraction of sp³-hybridized carbons (Fsp3) is 0.600. The van der Waals surface area contributed by atoms with Crippen LogP contribution in [0.5, 0.6) is 0 Å². The van der Waals surface area contributed by atoms with Gasteiger partial charge in [0.1, 0.15) is 5.02 Å². The monoisotopic (exact) mass is 297 g/mol. The molecular weight excluding hydrogens is 277 g/mol. The summed E-state index contributed by atoms with van der Waals surface area (Å²) in [6, 6.07) is 1.54. The molecule has 0 spiro atoms. The van der Waals surface area contributed by atoms with Gasteiger partial charge >= 0.3 is 0 Å². The normalized spacial score (nSPS) is 28.1. The van der Waals surface area contributed by atoms with Gasteiger partial charge in [0.2, 0.25) is 0 Å². The Bertz CT molecular complexity index is 534. The van der Waals surface area contributed by atoms with Crippen LogP contribution in [0.25, 0.3) is 0 Å². The van der Waals surface area contributed by atoms with Crippen molar-refractivity contribution in [2.75, 3.05) is 30.0 Å². The van der Waals surface area contributed by atoms with Crippen LogP contribution < -0.4 is 16.4 Å². The second kappa shape index (κ2) is 4.99. The molecule has 0 amide bonds. The Hall–Kier alpha value is -1.16. The van der Waals surface area contributed by atoms with E-state index in [0.29, 0.717) is 17.3 Å². The molecule has 2 aliphatic carbocycles. The molecule has 5 heteroatoms. The molecule has 2 fully saturated rings. The first-order chi connectivity index (χ1) is 9.47. The van der Waals surface area contributed by atoms with Crippen molar-refractivity contribution in [3.8, 4) is 0 Å². The van der Waals surface area contributed by atoms with E-state index in [2.05, 4.69) is 0 Å². The zero-order valence-corrected chi connectivity index (χ0v) is 12.5. The minimum absolute atomic E-state index is 0.0333. The van der Waals surface area contributed by atoms with Crippen molar-refractivity contribution >= 4 is 28.7 Å². The van der Waals surface area contributed by atoms with Crippen molar-refractivity contribution in [3.63, 3.8) is 0 Å². The molecule has 0 aromatic heterocycles. The molecule has 0 aliphatic heterocycles. The maximum absolute atomic E-state index is 14.3. The molecule has 4 N–H and O–H groups in total. The summed E-state index contributed by atoms with van der Waals surface area (Å²) in [4.78, 5) is 1.90. The average Bonchev–Trinajstić information content (AvgIpc) is 2.98. The van der Waals surface area contributed by atoms with Crippen LogP contribution in [0.1, 0.15) is 25.7 Å². The SMILES string of the molecule is CN(CC1CC2CCC1C2)c1c(N)cc(N)c(Cl)c1F. The number of fused-ring (bicyclic) bond motifs is 2. The molecule has 2 bridgehead atoms. The lowest BCUT2D eigenvalue weighted by Gasteiger charge is -2.29. The molecule has 0 saturated heterocycles. The highest BCUT2D eigenvalue weighted by Crippen LogP contribution is 2.49. The van der Waals surface area contributed by atoms with Crippen LogP contribution in [-0.4, -0.2) is 13.6 Å². The van der Waals surface area contributed by atoms with Gasteiger partial charge < -0.3 is 16.4 Å². The van der Waals surface area contributed by atoms with Gasteiger partial charge in [0.15, 0.2) is 5.82 Å². The first kappa shape index (κ1) is 13.8. The molecule has 3 unspecified atom stereocenters. The fourth-order valence-electron chi connectivity index (χ4n) is 4.09. The minimum Gasteiger partial charge on any atom is -0.397 e. The van der Waals surface area contributed by atoms with Gasteiger partial charge in [0, 0.05) is 13.6 Å².